The summed E-state index contributed by atoms with van der Waals surface area (Å²) >= 11 is 0. The van der Waals surface area contributed by atoms with E-state index in [0.717, 1.165) is 12.5 Å². The Morgan fingerprint density at radius 2 is 2.14 bits per heavy atom. The van der Waals surface area contributed by atoms with Crippen LogP contribution >= 0.6 is 12.4 Å². The van der Waals surface area contributed by atoms with Gasteiger partial charge >= 0.3 is 0 Å². The molecular formula is C12H18ClN3O5S. The fourth-order valence-corrected chi connectivity index (χ4v) is 4.02. The molecule has 1 heterocycles. The molecule has 2 N–H and O–H groups in total. The number of nitrogens with zero attached hydrogens (tertiary/aromatic N) is 2. The molecule has 1 aromatic carbocycles. The van der Waals surface area contributed by atoms with Gasteiger partial charge in [0.2, 0.25) is 10.0 Å². The first-order chi connectivity index (χ1) is 9.86. The zero-order chi connectivity index (χ0) is 15.6. The number of hydrogen-bond donors (Lipinski definition) is 1. The number of nitro groups is 1. The molecule has 10 heteroatoms. The van der Waals surface area contributed by atoms with Gasteiger partial charge in [-0.3, -0.25) is 10.1 Å². The van der Waals surface area contributed by atoms with E-state index in [1.165, 1.54) is 23.5 Å². The fraction of sp³-hybridized carbons (Fsp3) is 0.500. The van der Waals surface area contributed by atoms with Gasteiger partial charge in [-0.1, -0.05) is 0 Å². The quantitative estimate of drug-likeness (QED) is 0.642. The van der Waals surface area contributed by atoms with Crippen molar-refractivity contribution in [2.24, 2.45) is 5.73 Å². The van der Waals surface area contributed by atoms with Gasteiger partial charge in [-0.25, -0.2) is 8.42 Å². The Morgan fingerprint density at radius 3 is 2.68 bits per heavy atom. The number of ether oxygens (including phenoxy) is 1. The van der Waals surface area contributed by atoms with Crippen molar-refractivity contribution in [3.8, 4) is 5.75 Å². The summed E-state index contributed by atoms with van der Waals surface area (Å²) in [5.41, 5.74) is 5.51. The first-order valence-corrected chi connectivity index (χ1v) is 7.88. The second kappa shape index (κ2) is 7.23. The van der Waals surface area contributed by atoms with Gasteiger partial charge in [0.1, 0.15) is 10.6 Å². The lowest BCUT2D eigenvalue weighted by atomic mass is 10.1. The van der Waals surface area contributed by atoms with Crippen molar-refractivity contribution in [2.45, 2.75) is 23.8 Å². The van der Waals surface area contributed by atoms with Gasteiger partial charge in [0.15, 0.2) is 0 Å². The lowest BCUT2D eigenvalue weighted by molar-refractivity contribution is -0.385. The first-order valence-electron chi connectivity index (χ1n) is 6.44. The van der Waals surface area contributed by atoms with E-state index in [0.29, 0.717) is 13.0 Å². The first kappa shape index (κ1) is 18.6. The van der Waals surface area contributed by atoms with Crippen LogP contribution in [0, 0.1) is 10.1 Å². The standard InChI is InChI=1S/C12H17N3O5S.ClH/c1-20-11-5-4-10(15(16)17)7-12(11)21(18,19)14-6-2-3-9(13)8-14;/h4-5,7,9H,2-3,6,8,13H2,1H3;1H. The Morgan fingerprint density at radius 1 is 1.45 bits per heavy atom. The average molecular weight is 352 g/mol. The van der Waals surface area contributed by atoms with Crippen LogP contribution in [0.25, 0.3) is 0 Å². The van der Waals surface area contributed by atoms with E-state index in [1.807, 2.05) is 0 Å². The lowest BCUT2D eigenvalue weighted by Gasteiger charge is -2.30. The van der Waals surface area contributed by atoms with Gasteiger partial charge in [-0.05, 0) is 18.9 Å². The fourth-order valence-electron chi connectivity index (χ4n) is 2.31. The van der Waals surface area contributed by atoms with Crippen molar-refractivity contribution < 1.29 is 18.1 Å². The van der Waals surface area contributed by atoms with E-state index < -0.39 is 14.9 Å². The minimum Gasteiger partial charge on any atom is -0.495 e. The summed E-state index contributed by atoms with van der Waals surface area (Å²) in [7, 11) is -2.55. The molecule has 1 unspecified atom stereocenters. The van der Waals surface area contributed by atoms with Crippen molar-refractivity contribution >= 4 is 28.1 Å². The summed E-state index contributed by atoms with van der Waals surface area (Å²) in [6.45, 7) is 0.552. The molecule has 22 heavy (non-hydrogen) atoms. The van der Waals surface area contributed by atoms with E-state index in [4.69, 9.17) is 10.5 Å². The van der Waals surface area contributed by atoms with Crippen LogP contribution in [0.3, 0.4) is 0 Å². The van der Waals surface area contributed by atoms with Crippen molar-refractivity contribution in [3.63, 3.8) is 0 Å². The van der Waals surface area contributed by atoms with Gasteiger partial charge in [-0.15, -0.1) is 12.4 Å². The van der Waals surface area contributed by atoms with Gasteiger partial charge < -0.3 is 10.5 Å². The summed E-state index contributed by atoms with van der Waals surface area (Å²) in [5, 5.41) is 10.8. The summed E-state index contributed by atoms with van der Waals surface area (Å²) in [4.78, 5) is 10.0. The molecule has 0 aromatic heterocycles. The van der Waals surface area contributed by atoms with E-state index in [2.05, 4.69) is 0 Å². The third-order valence-electron chi connectivity index (χ3n) is 3.40. The highest BCUT2D eigenvalue weighted by atomic mass is 35.5. The number of benzene rings is 1. The minimum absolute atomic E-state index is 0. The molecule has 8 nitrogen and oxygen atoms in total. The van der Waals surface area contributed by atoms with Crippen LogP contribution in [0.4, 0.5) is 5.69 Å². The van der Waals surface area contributed by atoms with E-state index in [1.54, 1.807) is 0 Å². The maximum absolute atomic E-state index is 12.7. The van der Waals surface area contributed by atoms with Crippen LogP contribution in [-0.2, 0) is 10.0 Å². The van der Waals surface area contributed by atoms with E-state index in [9.17, 15) is 18.5 Å². The minimum atomic E-state index is -3.87. The van der Waals surface area contributed by atoms with E-state index in [-0.39, 0.29) is 41.3 Å². The van der Waals surface area contributed by atoms with Crippen LogP contribution in [0.1, 0.15) is 12.8 Å². The summed E-state index contributed by atoms with van der Waals surface area (Å²) in [6.07, 6.45) is 1.43. The number of piperidine rings is 1. The molecule has 0 saturated carbocycles. The Kier molecular flexibility index (Phi) is 6.12. The average Bonchev–Trinajstić information content (AvgIpc) is 2.46. The molecule has 2 rings (SSSR count). The van der Waals surface area contributed by atoms with Crippen molar-refractivity contribution in [2.75, 3.05) is 20.2 Å². The maximum atomic E-state index is 12.7. The number of sulfonamides is 1. The number of nitro benzene ring substituents is 1. The third-order valence-corrected chi connectivity index (χ3v) is 5.28. The third kappa shape index (κ3) is 3.67. The zero-order valence-electron chi connectivity index (χ0n) is 12.0. The molecular weight excluding hydrogens is 334 g/mol. The molecule has 1 saturated heterocycles. The van der Waals surface area contributed by atoms with Crippen LogP contribution in [0.15, 0.2) is 23.1 Å². The second-order valence-corrected chi connectivity index (χ2v) is 6.76. The molecule has 0 radical (unpaired) electrons. The van der Waals surface area contributed by atoms with Crippen LogP contribution in [0.5, 0.6) is 5.75 Å². The molecule has 1 atom stereocenters. The Bertz CT molecular complexity index is 652. The number of methoxy groups -OCH3 is 1. The van der Waals surface area contributed by atoms with Gasteiger partial charge in [0.05, 0.1) is 12.0 Å². The number of halogens is 1. The normalized spacial score (nSPS) is 19.3. The predicted octanol–water partition coefficient (Wildman–Crippen LogP) is 1.14. The molecule has 0 amide bonds. The largest absolute Gasteiger partial charge is 0.495 e. The van der Waals surface area contributed by atoms with E-state index >= 15 is 0 Å². The molecule has 1 fully saturated rings. The molecule has 1 aromatic rings. The number of rotatable bonds is 4. The highest BCUT2D eigenvalue weighted by molar-refractivity contribution is 7.89. The lowest BCUT2D eigenvalue weighted by Crippen LogP contribution is -2.45. The molecule has 1 aliphatic rings. The van der Waals surface area contributed by atoms with Crippen molar-refractivity contribution in [1.29, 1.82) is 0 Å². The Hall–Kier alpha value is -1.42. The van der Waals surface area contributed by atoms with Crippen LogP contribution < -0.4 is 10.5 Å². The molecule has 0 aliphatic carbocycles. The predicted molar refractivity (Wildman–Crippen MR) is 82.9 cm³/mol. The van der Waals surface area contributed by atoms with Crippen LogP contribution in [0.2, 0.25) is 0 Å². The highest BCUT2D eigenvalue weighted by Crippen LogP contribution is 2.31. The highest BCUT2D eigenvalue weighted by Gasteiger charge is 2.32. The molecule has 0 bridgehead atoms. The zero-order valence-corrected chi connectivity index (χ0v) is 13.6. The Balaban J connectivity index is 0.00000242. The molecule has 124 valence electrons. The maximum Gasteiger partial charge on any atom is 0.271 e. The number of hydrogen-bond acceptors (Lipinski definition) is 6. The summed E-state index contributed by atoms with van der Waals surface area (Å²) < 4.78 is 31.6. The van der Waals surface area contributed by atoms with Gasteiger partial charge in [0.25, 0.3) is 5.69 Å². The summed E-state index contributed by atoms with van der Waals surface area (Å²) in [5.74, 6) is 0.0831. The number of non-ortho nitro benzene ring substituents is 1. The van der Waals surface area contributed by atoms with Crippen molar-refractivity contribution in [3.05, 3.63) is 28.3 Å². The second-order valence-electron chi connectivity index (χ2n) is 4.86. The van der Waals surface area contributed by atoms with Crippen molar-refractivity contribution in [1.82, 2.24) is 4.31 Å². The smallest absolute Gasteiger partial charge is 0.271 e. The number of nitrogens with two attached hydrogens (primary N) is 1. The molecule has 0 spiro atoms. The topological polar surface area (TPSA) is 116 Å². The Labute approximate surface area is 134 Å². The van der Waals surface area contributed by atoms with Crippen LogP contribution in [-0.4, -0.2) is 43.9 Å². The summed E-state index contributed by atoms with van der Waals surface area (Å²) in [6, 6.07) is 3.29. The molecule has 1 aliphatic heterocycles. The van der Waals surface area contributed by atoms with Gasteiger partial charge in [-0.2, -0.15) is 4.31 Å². The van der Waals surface area contributed by atoms with Gasteiger partial charge in [0, 0.05) is 31.3 Å². The monoisotopic (exact) mass is 351 g/mol. The SMILES string of the molecule is COc1ccc([N+](=O)[O-])cc1S(=O)(=O)N1CCCC(N)C1.Cl.